The van der Waals surface area contributed by atoms with Crippen LogP contribution in [0.4, 0.5) is 0 Å². The van der Waals surface area contributed by atoms with E-state index in [1.54, 1.807) is 37.3 Å². The zero-order chi connectivity index (χ0) is 15.6. The van der Waals surface area contributed by atoms with Crippen molar-refractivity contribution < 1.29 is 9.72 Å². The van der Waals surface area contributed by atoms with Crippen LogP contribution in [0, 0.1) is 21.4 Å². The number of carbonyl (C=O) groups excluding carboxylic acids is 1. The lowest BCUT2D eigenvalue weighted by Crippen LogP contribution is -2.39. The van der Waals surface area contributed by atoms with Crippen LogP contribution in [0.5, 0.6) is 0 Å². The summed E-state index contributed by atoms with van der Waals surface area (Å²) in [5, 5.41) is 23.0. The fourth-order valence-electron chi connectivity index (χ4n) is 2.31. The molecule has 1 N–H and O–H groups in total. The lowest BCUT2D eigenvalue weighted by atomic mass is 9.85. The molecule has 108 valence electrons. The van der Waals surface area contributed by atoms with Gasteiger partial charge in [0.1, 0.15) is 17.9 Å². The highest BCUT2D eigenvalue weighted by atomic mass is 35.5. The van der Waals surface area contributed by atoms with Crippen LogP contribution >= 0.6 is 11.6 Å². The average molecular weight is 307 g/mol. The lowest BCUT2D eigenvalue weighted by molar-refractivity contribution is -0.511. The fourth-order valence-corrected chi connectivity index (χ4v) is 2.57. The maximum atomic E-state index is 12.0. The molecule has 7 nitrogen and oxygen atoms in total. The van der Waals surface area contributed by atoms with E-state index >= 15 is 0 Å². The van der Waals surface area contributed by atoms with E-state index in [9.17, 15) is 14.9 Å². The summed E-state index contributed by atoms with van der Waals surface area (Å²) in [5.74, 6) is -1.15. The maximum Gasteiger partial charge on any atom is 0.306 e. The molecular formula is C13H11ClN4O3. The number of amides is 1. The van der Waals surface area contributed by atoms with Crippen molar-refractivity contribution in [2.45, 2.75) is 24.9 Å². The third-order valence-electron chi connectivity index (χ3n) is 3.21. The van der Waals surface area contributed by atoms with E-state index in [1.807, 2.05) is 0 Å². The largest absolute Gasteiger partial charge is 0.313 e. The number of nitrogens with zero attached hydrogens (tertiary/aromatic N) is 3. The first-order valence-electron chi connectivity index (χ1n) is 6.08. The van der Waals surface area contributed by atoms with E-state index in [-0.39, 0.29) is 5.02 Å². The van der Waals surface area contributed by atoms with Crippen molar-refractivity contribution in [1.82, 2.24) is 5.32 Å². The smallest absolute Gasteiger partial charge is 0.306 e. The Kier molecular flexibility index (Phi) is 4.19. The number of halogens is 1. The third kappa shape index (κ3) is 2.85. The molecule has 0 saturated carbocycles. The number of rotatable bonds is 4. The van der Waals surface area contributed by atoms with Gasteiger partial charge in [-0.15, -0.1) is 0 Å². The van der Waals surface area contributed by atoms with Gasteiger partial charge in [0.15, 0.2) is 0 Å². The van der Waals surface area contributed by atoms with Crippen molar-refractivity contribution in [2.75, 3.05) is 0 Å². The van der Waals surface area contributed by atoms with E-state index in [0.717, 1.165) is 0 Å². The third-order valence-corrected chi connectivity index (χ3v) is 3.55. The summed E-state index contributed by atoms with van der Waals surface area (Å²) < 4.78 is 0. The van der Waals surface area contributed by atoms with Crippen LogP contribution in [0.3, 0.4) is 0 Å². The van der Waals surface area contributed by atoms with Gasteiger partial charge in [0, 0.05) is 9.95 Å². The van der Waals surface area contributed by atoms with Crippen LogP contribution < -0.4 is 5.32 Å². The SMILES string of the molecule is CC1=NC(C(c2ccccc2Cl)C(C#N)[N+](=O)[O-])C(=O)N1. The molecule has 0 saturated heterocycles. The summed E-state index contributed by atoms with van der Waals surface area (Å²) in [4.78, 5) is 26.5. The lowest BCUT2D eigenvalue weighted by Gasteiger charge is -2.20. The second-order valence-electron chi connectivity index (χ2n) is 4.56. The molecule has 1 aliphatic rings. The summed E-state index contributed by atoms with van der Waals surface area (Å²) >= 11 is 6.08. The molecule has 8 heteroatoms. The molecule has 1 heterocycles. The monoisotopic (exact) mass is 306 g/mol. The van der Waals surface area contributed by atoms with Gasteiger partial charge >= 0.3 is 6.04 Å². The van der Waals surface area contributed by atoms with E-state index in [1.165, 1.54) is 0 Å². The first kappa shape index (κ1) is 14.9. The minimum absolute atomic E-state index is 0.261. The van der Waals surface area contributed by atoms with Gasteiger partial charge < -0.3 is 5.32 Å². The Morgan fingerprint density at radius 3 is 2.67 bits per heavy atom. The summed E-state index contributed by atoms with van der Waals surface area (Å²) in [5.41, 5.74) is 0.362. The van der Waals surface area contributed by atoms with Gasteiger partial charge in [0.25, 0.3) is 5.91 Å². The molecule has 21 heavy (non-hydrogen) atoms. The molecule has 1 amide bonds. The summed E-state index contributed by atoms with van der Waals surface area (Å²) in [6, 6.07) is 5.41. The van der Waals surface area contributed by atoms with Gasteiger partial charge in [-0.2, -0.15) is 5.26 Å². The Labute approximate surface area is 125 Å². The Hall–Kier alpha value is -2.46. The van der Waals surface area contributed by atoms with E-state index < -0.39 is 28.8 Å². The second kappa shape index (κ2) is 5.89. The Morgan fingerprint density at radius 2 is 2.19 bits per heavy atom. The van der Waals surface area contributed by atoms with E-state index in [4.69, 9.17) is 16.9 Å². The minimum atomic E-state index is -1.62. The van der Waals surface area contributed by atoms with Crippen LogP contribution in [0.2, 0.25) is 5.02 Å². The molecule has 1 aliphatic heterocycles. The number of nitrogens with one attached hydrogen (secondary N) is 1. The highest BCUT2D eigenvalue weighted by molar-refractivity contribution is 6.31. The normalized spacial score (nSPS) is 20.1. The van der Waals surface area contributed by atoms with Crippen molar-refractivity contribution in [3.63, 3.8) is 0 Å². The Morgan fingerprint density at radius 1 is 1.52 bits per heavy atom. The molecule has 0 aromatic heterocycles. The molecule has 0 aliphatic carbocycles. The Balaban J connectivity index is 2.55. The van der Waals surface area contributed by atoms with Gasteiger partial charge in [0.2, 0.25) is 0 Å². The van der Waals surface area contributed by atoms with Crippen molar-refractivity contribution in [2.24, 2.45) is 4.99 Å². The average Bonchev–Trinajstić information content (AvgIpc) is 2.75. The highest BCUT2D eigenvalue weighted by Gasteiger charge is 2.45. The maximum absolute atomic E-state index is 12.0. The van der Waals surface area contributed by atoms with Crippen LogP contribution in [0.1, 0.15) is 18.4 Å². The number of amidine groups is 1. The van der Waals surface area contributed by atoms with E-state index in [2.05, 4.69) is 10.3 Å². The number of aliphatic imine (C=N–C) groups is 1. The molecule has 0 fully saturated rings. The number of nitriles is 1. The molecular weight excluding hydrogens is 296 g/mol. The molecule has 0 bridgehead atoms. The van der Waals surface area contributed by atoms with Crippen molar-refractivity contribution in [3.8, 4) is 6.07 Å². The predicted octanol–water partition coefficient (Wildman–Crippen LogP) is 1.51. The van der Waals surface area contributed by atoms with Gasteiger partial charge in [-0.05, 0) is 18.6 Å². The topological polar surface area (TPSA) is 108 Å². The first-order chi connectivity index (χ1) is 9.95. The van der Waals surface area contributed by atoms with Crippen molar-refractivity contribution in [3.05, 3.63) is 45.0 Å². The minimum Gasteiger partial charge on any atom is -0.313 e. The predicted molar refractivity (Wildman–Crippen MR) is 75.6 cm³/mol. The second-order valence-corrected chi connectivity index (χ2v) is 4.96. The summed E-state index contributed by atoms with van der Waals surface area (Å²) in [6.45, 7) is 1.58. The summed E-state index contributed by atoms with van der Waals surface area (Å²) in [7, 11) is 0. The van der Waals surface area contributed by atoms with Crippen LogP contribution in [-0.4, -0.2) is 28.7 Å². The van der Waals surface area contributed by atoms with Crippen molar-refractivity contribution in [1.29, 1.82) is 5.26 Å². The number of hydrogen-bond donors (Lipinski definition) is 1. The number of nitro groups is 1. The molecule has 1 aromatic rings. The van der Waals surface area contributed by atoms with Gasteiger partial charge in [0.05, 0.1) is 5.92 Å². The molecule has 2 rings (SSSR count). The van der Waals surface area contributed by atoms with Gasteiger partial charge in [-0.1, -0.05) is 29.8 Å². The van der Waals surface area contributed by atoms with Crippen LogP contribution in [0.25, 0.3) is 0 Å². The van der Waals surface area contributed by atoms with E-state index in [0.29, 0.717) is 11.4 Å². The molecule has 3 unspecified atom stereocenters. The number of benzene rings is 1. The molecule has 3 atom stereocenters. The highest BCUT2D eigenvalue weighted by Crippen LogP contribution is 2.33. The zero-order valence-electron chi connectivity index (χ0n) is 11.0. The number of carbonyl (C=O) groups is 1. The van der Waals surface area contributed by atoms with Crippen LogP contribution in [-0.2, 0) is 4.79 Å². The first-order valence-corrected chi connectivity index (χ1v) is 6.46. The molecule has 1 aromatic carbocycles. The fraction of sp³-hybridized carbons (Fsp3) is 0.308. The van der Waals surface area contributed by atoms with Gasteiger partial charge in [-0.25, -0.2) is 0 Å². The number of hydrogen-bond acceptors (Lipinski definition) is 5. The zero-order valence-corrected chi connectivity index (χ0v) is 11.7. The molecule has 0 radical (unpaired) electrons. The quantitative estimate of drug-likeness (QED) is 0.671. The Bertz CT molecular complexity index is 668. The van der Waals surface area contributed by atoms with Crippen molar-refractivity contribution >= 4 is 23.3 Å². The van der Waals surface area contributed by atoms with Gasteiger partial charge in [-0.3, -0.25) is 19.9 Å². The van der Waals surface area contributed by atoms with Crippen LogP contribution in [0.15, 0.2) is 29.3 Å². The summed E-state index contributed by atoms with van der Waals surface area (Å²) in [6.07, 6.45) is 0. The molecule has 0 spiro atoms. The standard InChI is InChI=1S/C13H11ClN4O3/c1-7-16-12(13(19)17-7)11(10(6-15)18(20)21)8-4-2-3-5-9(8)14/h2-5,10-12H,1H3,(H,16,17,19).